The van der Waals surface area contributed by atoms with Crippen LogP contribution in [0.3, 0.4) is 0 Å². The summed E-state index contributed by atoms with van der Waals surface area (Å²) in [4.78, 5) is 31.6. The van der Waals surface area contributed by atoms with E-state index >= 15 is 0 Å². The Labute approximate surface area is 172 Å². The topological polar surface area (TPSA) is 74.3 Å². The van der Waals surface area contributed by atoms with Crippen LogP contribution in [-0.4, -0.2) is 53.4 Å². The van der Waals surface area contributed by atoms with Crippen LogP contribution >= 0.6 is 24.8 Å². The molecule has 2 N–H and O–H groups in total. The Balaban J connectivity index is 0.00000131. The molecular weight excluding hydrogens is 387 g/mol. The average Bonchev–Trinajstić information content (AvgIpc) is 2.64. The third-order valence-electron chi connectivity index (χ3n) is 5.95. The van der Waals surface area contributed by atoms with Crippen LogP contribution in [0.1, 0.15) is 31.2 Å². The second-order valence-corrected chi connectivity index (χ2v) is 7.52. The zero-order chi connectivity index (χ0) is 17.2. The first-order valence-electron chi connectivity index (χ1n) is 9.42. The zero-order valence-electron chi connectivity index (χ0n) is 15.3. The molecule has 2 amide bonds. The highest BCUT2D eigenvalue weighted by atomic mass is 35.5. The second kappa shape index (κ2) is 9.71. The summed E-state index contributed by atoms with van der Waals surface area (Å²) < 4.78 is 0. The molecule has 2 bridgehead atoms. The fourth-order valence-corrected chi connectivity index (χ4v) is 4.83. The van der Waals surface area contributed by atoms with Crippen molar-refractivity contribution in [2.75, 3.05) is 19.6 Å². The molecule has 8 heteroatoms. The lowest BCUT2D eigenvalue weighted by Crippen LogP contribution is -2.68. The first-order chi connectivity index (χ1) is 12.2. The predicted molar refractivity (Wildman–Crippen MR) is 108 cm³/mol. The fraction of sp³-hybridized carbons (Fsp3) is 0.632. The van der Waals surface area contributed by atoms with Crippen LogP contribution in [0.15, 0.2) is 24.5 Å². The van der Waals surface area contributed by atoms with Crippen molar-refractivity contribution in [2.24, 2.45) is 11.8 Å². The molecule has 0 aliphatic carbocycles. The molecule has 150 valence electrons. The quantitative estimate of drug-likeness (QED) is 0.783. The van der Waals surface area contributed by atoms with E-state index in [1.165, 1.54) is 0 Å². The van der Waals surface area contributed by atoms with Crippen LogP contribution in [0.25, 0.3) is 0 Å². The van der Waals surface area contributed by atoms with Crippen molar-refractivity contribution >= 4 is 36.6 Å². The van der Waals surface area contributed by atoms with Crippen LogP contribution in [0.5, 0.6) is 0 Å². The van der Waals surface area contributed by atoms with Crippen molar-refractivity contribution in [1.29, 1.82) is 0 Å². The van der Waals surface area contributed by atoms with Crippen LogP contribution in [0.4, 0.5) is 0 Å². The van der Waals surface area contributed by atoms with E-state index < -0.39 is 0 Å². The van der Waals surface area contributed by atoms with Crippen molar-refractivity contribution in [3.63, 3.8) is 0 Å². The molecule has 1 aromatic rings. The predicted octanol–water partition coefficient (Wildman–Crippen LogP) is 1.57. The molecule has 0 spiro atoms. The maximum Gasteiger partial charge on any atom is 0.243 e. The Bertz CT molecular complexity index is 646. The van der Waals surface area contributed by atoms with E-state index in [-0.39, 0.29) is 54.6 Å². The van der Waals surface area contributed by atoms with E-state index in [1.807, 2.05) is 23.2 Å². The summed E-state index contributed by atoms with van der Waals surface area (Å²) in [6, 6.07) is 3.85. The van der Waals surface area contributed by atoms with Gasteiger partial charge in [0.15, 0.2) is 0 Å². The summed E-state index contributed by atoms with van der Waals surface area (Å²) in [6.07, 6.45) is 7.96. The smallest absolute Gasteiger partial charge is 0.243 e. The Morgan fingerprint density at radius 1 is 1.30 bits per heavy atom. The number of piperidine rings is 3. The molecule has 3 aliphatic rings. The van der Waals surface area contributed by atoms with Crippen molar-refractivity contribution in [3.8, 4) is 0 Å². The van der Waals surface area contributed by atoms with Crippen LogP contribution in [0, 0.1) is 11.8 Å². The molecule has 4 atom stereocenters. The molecule has 4 rings (SSSR count). The lowest BCUT2D eigenvalue weighted by atomic mass is 9.72. The van der Waals surface area contributed by atoms with Gasteiger partial charge in [-0.25, -0.2) is 0 Å². The van der Waals surface area contributed by atoms with Crippen molar-refractivity contribution in [1.82, 2.24) is 20.5 Å². The summed E-state index contributed by atoms with van der Waals surface area (Å²) in [7, 11) is 0. The van der Waals surface area contributed by atoms with Crippen LogP contribution in [-0.2, 0) is 16.0 Å². The van der Waals surface area contributed by atoms with Gasteiger partial charge in [0.05, 0.1) is 0 Å². The van der Waals surface area contributed by atoms with Gasteiger partial charge in [0, 0.05) is 43.9 Å². The maximum absolute atomic E-state index is 12.9. The minimum atomic E-state index is -0.309. The van der Waals surface area contributed by atoms with E-state index in [0.29, 0.717) is 18.9 Å². The highest BCUT2D eigenvalue weighted by Crippen LogP contribution is 2.39. The van der Waals surface area contributed by atoms with Gasteiger partial charge < -0.3 is 15.5 Å². The molecule has 6 nitrogen and oxygen atoms in total. The molecule has 3 aliphatic heterocycles. The van der Waals surface area contributed by atoms with Gasteiger partial charge in [-0.1, -0.05) is 6.07 Å². The highest BCUT2D eigenvalue weighted by Gasteiger charge is 2.50. The Kier molecular flexibility index (Phi) is 7.89. The van der Waals surface area contributed by atoms with Gasteiger partial charge in [0.1, 0.15) is 6.04 Å². The van der Waals surface area contributed by atoms with E-state index in [9.17, 15) is 9.59 Å². The molecule has 3 saturated heterocycles. The first-order valence-corrected chi connectivity index (χ1v) is 9.42. The third kappa shape index (κ3) is 4.55. The van der Waals surface area contributed by atoms with E-state index in [1.54, 1.807) is 6.20 Å². The number of hydrogen-bond donors (Lipinski definition) is 2. The first kappa shape index (κ1) is 21.9. The zero-order valence-corrected chi connectivity index (χ0v) is 16.9. The number of carbonyl (C=O) groups excluding carboxylic acids is 2. The standard InChI is InChI=1S/C19H26N4O2.2ClH/c24-17-5-1-4-16-14-9-15(12-21-11-14)18(23(16)17)19(25)22-8-6-13-3-2-7-20-10-13;;/h2-3,7,10,14-16,18,21H,1,4-6,8-9,11-12H2,(H,22,25);2*1H/t14-,15+,16+,18-;;/m1../s1. The number of nitrogens with one attached hydrogen (secondary N) is 2. The Morgan fingerprint density at radius 2 is 2.11 bits per heavy atom. The van der Waals surface area contributed by atoms with E-state index in [4.69, 9.17) is 0 Å². The molecule has 3 fully saturated rings. The highest BCUT2D eigenvalue weighted by molar-refractivity contribution is 5.89. The van der Waals surface area contributed by atoms with Gasteiger partial charge in [0.2, 0.25) is 11.8 Å². The summed E-state index contributed by atoms with van der Waals surface area (Å²) in [5.41, 5.74) is 1.11. The van der Waals surface area contributed by atoms with Crippen molar-refractivity contribution < 1.29 is 9.59 Å². The number of hydrogen-bond acceptors (Lipinski definition) is 4. The van der Waals surface area contributed by atoms with E-state index in [2.05, 4.69) is 15.6 Å². The van der Waals surface area contributed by atoms with Gasteiger partial charge in [-0.15, -0.1) is 24.8 Å². The number of nitrogens with zero attached hydrogens (tertiary/aromatic N) is 2. The SMILES string of the molecule is Cl.Cl.O=C(NCCc1cccnc1)[C@H]1[C@@H]2CNC[C@@H](C2)[C@@H]2CCCC(=O)N21. The molecule has 27 heavy (non-hydrogen) atoms. The summed E-state index contributed by atoms with van der Waals surface area (Å²) in [5, 5.41) is 6.54. The number of amides is 2. The summed E-state index contributed by atoms with van der Waals surface area (Å²) in [5.74, 6) is 0.912. The van der Waals surface area contributed by atoms with Crippen LogP contribution in [0.2, 0.25) is 0 Å². The van der Waals surface area contributed by atoms with Gasteiger partial charge >= 0.3 is 0 Å². The van der Waals surface area contributed by atoms with E-state index in [0.717, 1.165) is 44.3 Å². The number of rotatable bonds is 4. The molecule has 0 aromatic carbocycles. The number of halogens is 2. The molecule has 1 aromatic heterocycles. The van der Waals surface area contributed by atoms with Crippen LogP contribution < -0.4 is 10.6 Å². The number of aromatic nitrogens is 1. The fourth-order valence-electron chi connectivity index (χ4n) is 4.83. The minimum Gasteiger partial charge on any atom is -0.354 e. The van der Waals surface area contributed by atoms with Gasteiger partial charge in [-0.05, 0) is 49.8 Å². The van der Waals surface area contributed by atoms with Crippen molar-refractivity contribution in [3.05, 3.63) is 30.1 Å². The lowest BCUT2D eigenvalue weighted by molar-refractivity contribution is -0.157. The normalized spacial score (nSPS) is 29.0. The molecule has 0 radical (unpaired) electrons. The minimum absolute atomic E-state index is 0. The average molecular weight is 415 g/mol. The Hall–Kier alpha value is -1.37. The Morgan fingerprint density at radius 3 is 2.89 bits per heavy atom. The number of carbonyl (C=O) groups is 2. The molecule has 4 heterocycles. The van der Waals surface area contributed by atoms with Gasteiger partial charge in [-0.2, -0.15) is 0 Å². The summed E-state index contributed by atoms with van der Waals surface area (Å²) >= 11 is 0. The molecular formula is C19H28Cl2N4O2. The second-order valence-electron chi connectivity index (χ2n) is 7.52. The molecule has 0 unspecified atom stereocenters. The summed E-state index contributed by atoms with van der Waals surface area (Å²) in [6.45, 7) is 2.38. The number of fused-ring (bicyclic) bond motifs is 4. The maximum atomic E-state index is 12.9. The largest absolute Gasteiger partial charge is 0.354 e. The lowest BCUT2D eigenvalue weighted by Gasteiger charge is -2.53. The molecule has 0 saturated carbocycles. The third-order valence-corrected chi connectivity index (χ3v) is 5.95. The number of pyridine rings is 1. The monoisotopic (exact) mass is 414 g/mol. The van der Waals surface area contributed by atoms with Gasteiger partial charge in [0.25, 0.3) is 0 Å². The van der Waals surface area contributed by atoms with Gasteiger partial charge in [-0.3, -0.25) is 14.6 Å². The van der Waals surface area contributed by atoms with Crippen molar-refractivity contribution in [2.45, 2.75) is 44.2 Å².